The first-order valence-corrected chi connectivity index (χ1v) is 5.22. The molecule has 2 N–H and O–H groups in total. The number of nitrogens with zero attached hydrogens (tertiary/aromatic N) is 1. The molecular weight excluding hydrogens is 210 g/mol. The summed E-state index contributed by atoms with van der Waals surface area (Å²) in [6.45, 7) is 0. The highest BCUT2D eigenvalue weighted by molar-refractivity contribution is 7.13. The fraction of sp³-hybridized carbons (Fsp3) is 0. The van der Waals surface area contributed by atoms with Crippen LogP contribution in [-0.4, -0.2) is 15.2 Å². The van der Waals surface area contributed by atoms with Gasteiger partial charge in [0.2, 0.25) is 0 Å². The summed E-state index contributed by atoms with van der Waals surface area (Å²) in [7, 11) is 0. The molecule has 0 bridgehead atoms. The van der Waals surface area contributed by atoms with Crippen LogP contribution in [0.1, 0.15) is 0 Å². The van der Waals surface area contributed by atoms with E-state index in [4.69, 9.17) is 10.2 Å². The Hall–Kier alpha value is -1.81. The number of benzene rings is 1. The van der Waals surface area contributed by atoms with Crippen LogP contribution in [0.5, 0.6) is 0 Å². The number of thiazole rings is 1. The molecule has 76 valence electrons. The zero-order valence-electron chi connectivity index (χ0n) is 7.79. The van der Waals surface area contributed by atoms with Crippen molar-refractivity contribution in [1.82, 2.24) is 4.98 Å². The van der Waals surface area contributed by atoms with Crippen molar-refractivity contribution in [2.45, 2.75) is 0 Å². The van der Waals surface area contributed by atoms with Gasteiger partial charge in [-0.25, -0.2) is 4.98 Å². The van der Waals surface area contributed by atoms with Crippen molar-refractivity contribution in [1.29, 1.82) is 0 Å². The van der Waals surface area contributed by atoms with Gasteiger partial charge in [0.1, 0.15) is 5.01 Å². The van der Waals surface area contributed by atoms with E-state index in [1.807, 2.05) is 17.5 Å². The molecule has 3 nitrogen and oxygen atoms in total. The monoisotopic (exact) mass is 219 g/mol. The Kier molecular flexibility index (Phi) is 2.69. The van der Waals surface area contributed by atoms with Gasteiger partial charge in [-0.05, 0) is 0 Å². The van der Waals surface area contributed by atoms with Crippen LogP contribution in [0.4, 0.5) is 0 Å². The number of hydrogen-bond acceptors (Lipinski definition) is 4. The normalized spacial score (nSPS) is 13.3. The van der Waals surface area contributed by atoms with Gasteiger partial charge in [0, 0.05) is 27.6 Å². The lowest BCUT2D eigenvalue weighted by molar-refractivity contribution is 0.533. The summed E-state index contributed by atoms with van der Waals surface area (Å²) in [5.74, 6) is 0. The Morgan fingerprint density at radius 1 is 1.20 bits per heavy atom. The fourth-order valence-corrected chi connectivity index (χ4v) is 2.06. The maximum absolute atomic E-state index is 9.15. The Labute approximate surface area is 90.3 Å². The van der Waals surface area contributed by atoms with Crippen LogP contribution >= 0.6 is 11.3 Å². The molecule has 0 aliphatic rings. The first-order valence-electron chi connectivity index (χ1n) is 4.34. The van der Waals surface area contributed by atoms with Gasteiger partial charge in [0.15, 0.2) is 0 Å². The highest BCUT2D eigenvalue weighted by Crippen LogP contribution is 2.16. The van der Waals surface area contributed by atoms with Crippen LogP contribution in [0.3, 0.4) is 0 Å². The summed E-state index contributed by atoms with van der Waals surface area (Å²) in [5.41, 5.74) is 0.815. The summed E-state index contributed by atoms with van der Waals surface area (Å²) in [4.78, 5) is 4.16. The van der Waals surface area contributed by atoms with Crippen molar-refractivity contribution in [2.75, 3.05) is 0 Å². The molecule has 0 unspecified atom stereocenters. The Morgan fingerprint density at radius 2 is 2.07 bits per heavy atom. The van der Waals surface area contributed by atoms with Gasteiger partial charge in [-0.2, -0.15) is 0 Å². The first kappa shape index (κ1) is 9.73. The predicted molar refractivity (Wildman–Crippen MR) is 61.0 cm³/mol. The van der Waals surface area contributed by atoms with E-state index in [9.17, 15) is 0 Å². The van der Waals surface area contributed by atoms with Crippen LogP contribution in [0.15, 0.2) is 29.8 Å². The standard InChI is InChI=1S/C11H9NO2S/c13-6-8-2-1-3-9(10(8)7-14)11-12-4-5-15-11/h1-7,13-14H. The molecule has 1 heterocycles. The quantitative estimate of drug-likeness (QED) is 0.762. The maximum atomic E-state index is 9.15. The van der Waals surface area contributed by atoms with Gasteiger partial charge in [-0.3, -0.25) is 0 Å². The second-order valence-electron chi connectivity index (χ2n) is 2.90. The van der Waals surface area contributed by atoms with Crippen LogP contribution in [0, 0.1) is 0 Å². The van der Waals surface area contributed by atoms with Gasteiger partial charge in [-0.1, -0.05) is 18.2 Å². The van der Waals surface area contributed by atoms with E-state index in [2.05, 4.69) is 4.98 Å². The third-order valence-corrected chi connectivity index (χ3v) is 2.88. The van der Waals surface area contributed by atoms with Crippen LogP contribution in [0.25, 0.3) is 23.1 Å². The summed E-state index contributed by atoms with van der Waals surface area (Å²) < 4.78 is 0. The van der Waals surface area contributed by atoms with Crippen molar-refractivity contribution in [3.63, 3.8) is 0 Å². The number of aliphatic hydroxyl groups is 2. The molecule has 2 aromatic rings. The largest absolute Gasteiger partial charge is 0.515 e. The summed E-state index contributed by atoms with van der Waals surface area (Å²) in [5, 5.41) is 22.0. The molecule has 1 aromatic carbocycles. The smallest absolute Gasteiger partial charge is 0.123 e. The Morgan fingerprint density at radius 3 is 2.67 bits per heavy atom. The molecule has 0 aliphatic heterocycles. The van der Waals surface area contributed by atoms with Crippen molar-refractivity contribution >= 4 is 23.9 Å². The molecule has 0 atom stereocenters. The molecule has 0 amide bonds. The number of aromatic nitrogens is 1. The molecular formula is C11H9NO2S. The highest BCUT2D eigenvalue weighted by atomic mass is 32.1. The fourth-order valence-electron chi connectivity index (χ4n) is 1.38. The molecule has 0 fully saturated rings. The summed E-state index contributed by atoms with van der Waals surface area (Å²) >= 11 is 1.49. The topological polar surface area (TPSA) is 53.4 Å². The van der Waals surface area contributed by atoms with Gasteiger partial charge in [0.05, 0.1) is 12.5 Å². The predicted octanol–water partition coefficient (Wildman–Crippen LogP) is 1.40. The SMILES string of the molecule is OC=c1cccc(-c2nccs2)c1=CO. The lowest BCUT2D eigenvalue weighted by atomic mass is 10.1. The van der Waals surface area contributed by atoms with Gasteiger partial charge in [-0.15, -0.1) is 11.3 Å². The minimum atomic E-state index is 0.574. The zero-order chi connectivity index (χ0) is 10.7. The van der Waals surface area contributed by atoms with E-state index >= 15 is 0 Å². The van der Waals surface area contributed by atoms with E-state index < -0.39 is 0 Å². The highest BCUT2D eigenvalue weighted by Gasteiger charge is 2.02. The third kappa shape index (κ3) is 1.71. The van der Waals surface area contributed by atoms with Gasteiger partial charge < -0.3 is 10.2 Å². The van der Waals surface area contributed by atoms with Crippen LogP contribution in [0.2, 0.25) is 0 Å². The lowest BCUT2D eigenvalue weighted by Crippen LogP contribution is -2.26. The molecule has 0 saturated heterocycles. The molecule has 4 heteroatoms. The number of rotatable bonds is 1. The van der Waals surface area contributed by atoms with Crippen LogP contribution in [-0.2, 0) is 0 Å². The van der Waals surface area contributed by atoms with Crippen molar-refractivity contribution in [3.8, 4) is 10.6 Å². The lowest BCUT2D eigenvalue weighted by Gasteiger charge is -1.97. The molecule has 2 rings (SSSR count). The Balaban J connectivity index is 2.80. The second-order valence-corrected chi connectivity index (χ2v) is 3.80. The van der Waals surface area contributed by atoms with Crippen molar-refractivity contribution in [2.24, 2.45) is 0 Å². The molecule has 15 heavy (non-hydrogen) atoms. The minimum absolute atomic E-state index is 0.574. The average molecular weight is 219 g/mol. The van der Waals surface area contributed by atoms with E-state index in [1.165, 1.54) is 11.3 Å². The molecule has 0 spiro atoms. The molecule has 0 saturated carbocycles. The van der Waals surface area contributed by atoms with E-state index in [0.717, 1.165) is 23.1 Å². The van der Waals surface area contributed by atoms with E-state index in [-0.39, 0.29) is 0 Å². The zero-order valence-corrected chi connectivity index (χ0v) is 8.61. The Bertz CT molecular complexity index is 561. The maximum Gasteiger partial charge on any atom is 0.123 e. The minimum Gasteiger partial charge on any atom is -0.515 e. The summed E-state index contributed by atoms with van der Waals surface area (Å²) in [6.07, 6.45) is 3.66. The van der Waals surface area contributed by atoms with Crippen LogP contribution < -0.4 is 10.4 Å². The number of hydrogen-bond donors (Lipinski definition) is 2. The van der Waals surface area contributed by atoms with E-state index in [1.54, 1.807) is 12.3 Å². The molecule has 0 aliphatic carbocycles. The first-order chi connectivity index (χ1) is 7.36. The second kappa shape index (κ2) is 4.14. The van der Waals surface area contributed by atoms with Gasteiger partial charge in [0.25, 0.3) is 0 Å². The molecule has 0 radical (unpaired) electrons. The molecule has 1 aromatic heterocycles. The number of aliphatic hydroxyl groups excluding tert-OH is 2. The van der Waals surface area contributed by atoms with E-state index in [0.29, 0.717) is 10.4 Å². The van der Waals surface area contributed by atoms with Crippen molar-refractivity contribution in [3.05, 3.63) is 40.2 Å². The average Bonchev–Trinajstić information content (AvgIpc) is 2.81. The summed E-state index contributed by atoms with van der Waals surface area (Å²) in [6, 6.07) is 5.39. The third-order valence-electron chi connectivity index (χ3n) is 2.07. The van der Waals surface area contributed by atoms with Gasteiger partial charge >= 0.3 is 0 Å². The van der Waals surface area contributed by atoms with Crippen molar-refractivity contribution < 1.29 is 10.2 Å².